The lowest BCUT2D eigenvalue weighted by Crippen LogP contribution is -2.53. The molecule has 0 amide bonds. The van der Waals surface area contributed by atoms with Crippen LogP contribution in [0.4, 0.5) is 0 Å². The number of nitrogens with zero attached hydrogens (tertiary/aromatic N) is 1. The quantitative estimate of drug-likeness (QED) is 0.800. The summed E-state index contributed by atoms with van der Waals surface area (Å²) in [5.41, 5.74) is 0.474. The van der Waals surface area contributed by atoms with Gasteiger partial charge in [0.15, 0.2) is 0 Å². The molecule has 3 heteroatoms. The predicted molar refractivity (Wildman–Crippen MR) is 63.3 cm³/mol. The molecule has 92 valence electrons. The summed E-state index contributed by atoms with van der Waals surface area (Å²) in [6.45, 7) is 9.02. The highest BCUT2D eigenvalue weighted by Gasteiger charge is 2.43. The lowest BCUT2D eigenvalue weighted by atomic mass is 9.90. The average Bonchev–Trinajstić information content (AvgIpc) is 2.31. The molecule has 16 heavy (non-hydrogen) atoms. The van der Waals surface area contributed by atoms with Crippen LogP contribution >= 0.6 is 0 Å². The van der Waals surface area contributed by atoms with Crippen LogP contribution in [0.2, 0.25) is 0 Å². The van der Waals surface area contributed by atoms with Gasteiger partial charge in [-0.3, -0.25) is 9.69 Å². The van der Waals surface area contributed by atoms with Crippen LogP contribution in [-0.2, 0) is 4.79 Å². The molecule has 2 atom stereocenters. The maximum atomic E-state index is 10.6. The molecule has 0 aromatic carbocycles. The number of aliphatic carboxylic acids is 1. The van der Waals surface area contributed by atoms with Crippen LogP contribution in [0.5, 0.6) is 0 Å². The van der Waals surface area contributed by atoms with E-state index in [1.54, 1.807) is 0 Å². The Morgan fingerprint density at radius 2 is 2.00 bits per heavy atom. The van der Waals surface area contributed by atoms with Gasteiger partial charge >= 0.3 is 5.97 Å². The first-order valence-corrected chi connectivity index (χ1v) is 6.33. The molecule has 2 unspecified atom stereocenters. The Labute approximate surface area is 97.8 Å². The molecule has 0 bridgehead atoms. The number of rotatable bonds is 3. The van der Waals surface area contributed by atoms with Crippen LogP contribution in [0.25, 0.3) is 0 Å². The van der Waals surface area contributed by atoms with E-state index in [0.29, 0.717) is 23.8 Å². The fraction of sp³-hybridized carbons (Fsp3) is 0.923. The number of carboxylic acid groups (broad SMARTS) is 1. The average molecular weight is 225 g/mol. The monoisotopic (exact) mass is 225 g/mol. The largest absolute Gasteiger partial charge is 0.481 e. The molecule has 1 aliphatic carbocycles. The Balaban J connectivity index is 1.82. The van der Waals surface area contributed by atoms with E-state index in [-0.39, 0.29) is 0 Å². The molecule has 0 spiro atoms. The molecule has 2 rings (SSSR count). The first-order valence-electron chi connectivity index (χ1n) is 6.33. The Morgan fingerprint density at radius 3 is 2.44 bits per heavy atom. The minimum Gasteiger partial charge on any atom is -0.481 e. The topological polar surface area (TPSA) is 40.5 Å². The zero-order chi connectivity index (χ0) is 11.9. The van der Waals surface area contributed by atoms with Crippen molar-refractivity contribution in [3.63, 3.8) is 0 Å². The van der Waals surface area contributed by atoms with Gasteiger partial charge in [0.25, 0.3) is 0 Å². The lowest BCUT2D eigenvalue weighted by Gasteiger charge is -2.44. The summed E-state index contributed by atoms with van der Waals surface area (Å²) in [6.07, 6.45) is 2.92. The molecule has 1 aliphatic heterocycles. The van der Waals surface area contributed by atoms with Crippen LogP contribution in [0.3, 0.4) is 0 Å². The summed E-state index contributed by atoms with van der Waals surface area (Å²) in [4.78, 5) is 13.1. The maximum absolute atomic E-state index is 10.6. The Kier molecular flexibility index (Phi) is 2.99. The molecule has 1 heterocycles. The molecule has 0 radical (unpaired) electrons. The van der Waals surface area contributed by atoms with E-state index in [9.17, 15) is 4.79 Å². The molecule has 0 aromatic rings. The molecule has 1 saturated heterocycles. The van der Waals surface area contributed by atoms with Crippen molar-refractivity contribution in [1.29, 1.82) is 0 Å². The normalized spacial score (nSPS) is 34.9. The van der Waals surface area contributed by atoms with Crippen molar-refractivity contribution < 1.29 is 9.90 Å². The van der Waals surface area contributed by atoms with Crippen molar-refractivity contribution in [3.05, 3.63) is 0 Å². The van der Waals surface area contributed by atoms with Crippen molar-refractivity contribution in [2.45, 2.75) is 46.1 Å². The Morgan fingerprint density at radius 1 is 1.38 bits per heavy atom. The first kappa shape index (κ1) is 11.9. The van der Waals surface area contributed by atoms with E-state index >= 15 is 0 Å². The Hall–Kier alpha value is -0.570. The second kappa shape index (κ2) is 4.02. The summed E-state index contributed by atoms with van der Waals surface area (Å²) >= 11 is 0. The number of carboxylic acids is 1. The van der Waals surface area contributed by atoms with Gasteiger partial charge in [-0.05, 0) is 30.1 Å². The van der Waals surface area contributed by atoms with Gasteiger partial charge in [-0.1, -0.05) is 20.8 Å². The van der Waals surface area contributed by atoms with E-state index in [2.05, 4.69) is 25.7 Å². The summed E-state index contributed by atoms with van der Waals surface area (Å²) in [5, 5.41) is 8.72. The van der Waals surface area contributed by atoms with Crippen molar-refractivity contribution in [3.8, 4) is 0 Å². The van der Waals surface area contributed by atoms with Gasteiger partial charge in [0.1, 0.15) is 0 Å². The highest BCUT2D eigenvalue weighted by Crippen LogP contribution is 2.44. The minimum absolute atomic E-state index is 0.348. The van der Waals surface area contributed by atoms with Gasteiger partial charge < -0.3 is 5.11 Å². The molecule has 1 N–H and O–H groups in total. The SMILES string of the molecule is CC1CC(C)(C)CC1N1CC(CC(=O)O)C1. The van der Waals surface area contributed by atoms with Gasteiger partial charge in [-0.25, -0.2) is 0 Å². The van der Waals surface area contributed by atoms with Crippen LogP contribution in [-0.4, -0.2) is 35.1 Å². The maximum Gasteiger partial charge on any atom is 0.303 e. The summed E-state index contributed by atoms with van der Waals surface area (Å²) in [7, 11) is 0. The minimum atomic E-state index is -0.649. The molecule has 3 nitrogen and oxygen atoms in total. The second-order valence-electron chi connectivity index (χ2n) is 6.53. The zero-order valence-electron chi connectivity index (χ0n) is 10.6. The van der Waals surface area contributed by atoms with Crippen LogP contribution < -0.4 is 0 Å². The van der Waals surface area contributed by atoms with E-state index in [1.807, 2.05) is 0 Å². The third-order valence-corrected chi connectivity index (χ3v) is 4.21. The lowest BCUT2D eigenvalue weighted by molar-refractivity contribution is -0.140. The highest BCUT2D eigenvalue weighted by atomic mass is 16.4. The number of likely N-dealkylation sites (tertiary alicyclic amines) is 1. The zero-order valence-corrected chi connectivity index (χ0v) is 10.6. The van der Waals surface area contributed by atoms with Gasteiger partial charge in [0.05, 0.1) is 6.42 Å². The first-order chi connectivity index (χ1) is 7.37. The third kappa shape index (κ3) is 2.40. The fourth-order valence-electron chi connectivity index (χ4n) is 3.60. The molecule has 2 fully saturated rings. The second-order valence-corrected chi connectivity index (χ2v) is 6.53. The fourth-order valence-corrected chi connectivity index (χ4v) is 3.60. The molecular formula is C13H23NO2. The van der Waals surface area contributed by atoms with E-state index in [4.69, 9.17) is 5.11 Å². The summed E-state index contributed by atoms with van der Waals surface area (Å²) in [6, 6.07) is 0.694. The molecule has 2 aliphatic rings. The highest BCUT2D eigenvalue weighted by molar-refractivity contribution is 5.67. The van der Waals surface area contributed by atoms with Crippen molar-refractivity contribution in [1.82, 2.24) is 4.90 Å². The smallest absolute Gasteiger partial charge is 0.303 e. The molecule has 0 aromatic heterocycles. The van der Waals surface area contributed by atoms with E-state index in [1.165, 1.54) is 12.8 Å². The Bertz CT molecular complexity index is 282. The van der Waals surface area contributed by atoms with E-state index < -0.39 is 5.97 Å². The third-order valence-electron chi connectivity index (χ3n) is 4.21. The summed E-state index contributed by atoms with van der Waals surface area (Å²) < 4.78 is 0. The van der Waals surface area contributed by atoms with Crippen molar-refractivity contribution in [2.24, 2.45) is 17.3 Å². The summed E-state index contributed by atoms with van der Waals surface area (Å²) in [5.74, 6) is 0.513. The van der Waals surface area contributed by atoms with Gasteiger partial charge in [-0.2, -0.15) is 0 Å². The van der Waals surface area contributed by atoms with Crippen LogP contribution in [0.1, 0.15) is 40.0 Å². The number of hydrogen-bond donors (Lipinski definition) is 1. The predicted octanol–water partition coefficient (Wildman–Crippen LogP) is 2.22. The van der Waals surface area contributed by atoms with Crippen molar-refractivity contribution in [2.75, 3.05) is 13.1 Å². The van der Waals surface area contributed by atoms with Crippen molar-refractivity contribution >= 4 is 5.97 Å². The van der Waals surface area contributed by atoms with Gasteiger partial charge in [-0.15, -0.1) is 0 Å². The molecule has 1 saturated carbocycles. The van der Waals surface area contributed by atoms with Crippen LogP contribution in [0, 0.1) is 17.3 Å². The standard InChI is InChI=1S/C13H23NO2/c1-9-5-13(2,3)6-11(9)14-7-10(8-14)4-12(15)16/h9-11H,4-8H2,1-3H3,(H,15,16). The van der Waals surface area contributed by atoms with Gasteiger partial charge in [0.2, 0.25) is 0 Å². The van der Waals surface area contributed by atoms with E-state index in [0.717, 1.165) is 19.0 Å². The molecular weight excluding hydrogens is 202 g/mol. The number of carbonyl (C=O) groups is 1. The van der Waals surface area contributed by atoms with Crippen LogP contribution in [0.15, 0.2) is 0 Å². The number of hydrogen-bond acceptors (Lipinski definition) is 2. The van der Waals surface area contributed by atoms with Gasteiger partial charge in [0, 0.05) is 19.1 Å².